The quantitative estimate of drug-likeness (QED) is 0.933. The zero-order chi connectivity index (χ0) is 15.6. The highest BCUT2D eigenvalue weighted by atomic mass is 16.5. The Hall–Kier alpha value is -1.89. The molecule has 3 heterocycles. The van der Waals surface area contributed by atoms with Crippen LogP contribution in [0.3, 0.4) is 0 Å². The molecule has 2 aliphatic rings. The lowest BCUT2D eigenvalue weighted by Crippen LogP contribution is -2.37. The first kappa shape index (κ1) is 14.7. The molecular formula is C16H24N6O. The number of fused-ring (bicyclic) bond motifs is 1. The first-order valence-corrected chi connectivity index (χ1v) is 8.60. The van der Waals surface area contributed by atoms with E-state index in [9.17, 15) is 0 Å². The van der Waals surface area contributed by atoms with E-state index in [1.807, 2.05) is 17.9 Å². The number of aryl methyl sites for hydroxylation is 1. The van der Waals surface area contributed by atoms with Gasteiger partial charge in [0, 0.05) is 26.2 Å². The molecular weight excluding hydrogens is 292 g/mol. The molecule has 0 atom stereocenters. The fraction of sp³-hybridized carbons (Fsp3) is 0.688. The van der Waals surface area contributed by atoms with Crippen LogP contribution in [-0.4, -0.2) is 52.1 Å². The lowest BCUT2D eigenvalue weighted by Gasteiger charge is -2.28. The number of hydrogen-bond donors (Lipinski definition) is 1. The molecule has 1 saturated heterocycles. The van der Waals surface area contributed by atoms with E-state index in [4.69, 9.17) is 14.7 Å². The molecule has 7 nitrogen and oxygen atoms in total. The fourth-order valence-electron chi connectivity index (χ4n) is 3.47. The van der Waals surface area contributed by atoms with Crippen LogP contribution in [-0.2, 0) is 11.8 Å². The maximum atomic E-state index is 5.44. The second kappa shape index (κ2) is 6.31. The molecule has 2 aromatic rings. The summed E-state index contributed by atoms with van der Waals surface area (Å²) in [7, 11) is 1.93. The average molecular weight is 316 g/mol. The molecule has 2 fully saturated rings. The predicted molar refractivity (Wildman–Crippen MR) is 89.8 cm³/mol. The van der Waals surface area contributed by atoms with Gasteiger partial charge < -0.3 is 15.0 Å². The van der Waals surface area contributed by atoms with Crippen molar-refractivity contribution in [3.8, 4) is 0 Å². The molecule has 124 valence electrons. The smallest absolute Gasteiger partial charge is 0.229 e. The standard InChI is InChI=1S/C16H24N6O/c1-21-15-13(11-17-21)14(18-12-5-3-2-4-6-12)19-16(20-15)22-7-9-23-10-8-22/h11-12H,2-10H2,1H3,(H,18,19,20). The van der Waals surface area contributed by atoms with Crippen molar-refractivity contribution in [2.24, 2.45) is 7.05 Å². The third kappa shape index (κ3) is 2.97. The van der Waals surface area contributed by atoms with E-state index < -0.39 is 0 Å². The maximum absolute atomic E-state index is 5.44. The van der Waals surface area contributed by atoms with E-state index >= 15 is 0 Å². The van der Waals surface area contributed by atoms with Gasteiger partial charge in [-0.25, -0.2) is 0 Å². The highest BCUT2D eigenvalue weighted by molar-refractivity contribution is 5.87. The van der Waals surface area contributed by atoms with Gasteiger partial charge in [-0.2, -0.15) is 15.1 Å². The molecule has 0 aromatic carbocycles. The van der Waals surface area contributed by atoms with Crippen molar-refractivity contribution in [1.29, 1.82) is 0 Å². The lowest BCUT2D eigenvalue weighted by atomic mass is 9.95. The summed E-state index contributed by atoms with van der Waals surface area (Å²) in [5.41, 5.74) is 0.889. The van der Waals surface area contributed by atoms with Gasteiger partial charge in [0.05, 0.1) is 24.8 Å². The normalized spacial score (nSPS) is 20.1. The van der Waals surface area contributed by atoms with Crippen LogP contribution in [0.4, 0.5) is 11.8 Å². The minimum Gasteiger partial charge on any atom is -0.378 e. The summed E-state index contributed by atoms with van der Waals surface area (Å²) >= 11 is 0. The zero-order valence-electron chi connectivity index (χ0n) is 13.7. The van der Waals surface area contributed by atoms with Gasteiger partial charge in [0.1, 0.15) is 5.82 Å². The number of anilines is 2. The summed E-state index contributed by atoms with van der Waals surface area (Å²) in [6.07, 6.45) is 8.26. The van der Waals surface area contributed by atoms with Gasteiger partial charge in [0.2, 0.25) is 5.95 Å². The maximum Gasteiger partial charge on any atom is 0.229 e. The molecule has 4 rings (SSSR count). The summed E-state index contributed by atoms with van der Waals surface area (Å²) in [5, 5.41) is 9.03. The SMILES string of the molecule is Cn1ncc2c(NC3CCCCC3)nc(N3CCOCC3)nc21. The fourth-order valence-corrected chi connectivity index (χ4v) is 3.47. The van der Waals surface area contributed by atoms with E-state index in [1.165, 1.54) is 32.1 Å². The first-order chi connectivity index (χ1) is 11.3. The highest BCUT2D eigenvalue weighted by Crippen LogP contribution is 2.27. The largest absolute Gasteiger partial charge is 0.378 e. The molecule has 23 heavy (non-hydrogen) atoms. The van der Waals surface area contributed by atoms with Crippen molar-refractivity contribution in [2.75, 3.05) is 36.5 Å². The van der Waals surface area contributed by atoms with Gasteiger partial charge in [-0.15, -0.1) is 0 Å². The third-order valence-electron chi connectivity index (χ3n) is 4.82. The van der Waals surface area contributed by atoms with Gasteiger partial charge in [-0.05, 0) is 12.8 Å². The van der Waals surface area contributed by atoms with Crippen molar-refractivity contribution >= 4 is 22.8 Å². The molecule has 7 heteroatoms. The summed E-state index contributed by atoms with van der Waals surface area (Å²) in [5.74, 6) is 1.71. The summed E-state index contributed by atoms with van der Waals surface area (Å²) in [4.78, 5) is 11.8. The van der Waals surface area contributed by atoms with Crippen molar-refractivity contribution in [2.45, 2.75) is 38.1 Å². The number of nitrogens with zero attached hydrogens (tertiary/aromatic N) is 5. The zero-order valence-corrected chi connectivity index (χ0v) is 13.7. The topological polar surface area (TPSA) is 68.1 Å². The Morgan fingerprint density at radius 1 is 1.13 bits per heavy atom. The minimum absolute atomic E-state index is 0.514. The molecule has 1 aliphatic carbocycles. The summed E-state index contributed by atoms with van der Waals surface area (Å²) < 4.78 is 7.27. The average Bonchev–Trinajstić information content (AvgIpc) is 2.98. The van der Waals surface area contributed by atoms with Crippen LogP contribution in [0.1, 0.15) is 32.1 Å². The van der Waals surface area contributed by atoms with Crippen molar-refractivity contribution in [1.82, 2.24) is 19.7 Å². The highest BCUT2D eigenvalue weighted by Gasteiger charge is 2.20. The Morgan fingerprint density at radius 3 is 2.70 bits per heavy atom. The van der Waals surface area contributed by atoms with Gasteiger partial charge in [0.25, 0.3) is 0 Å². The van der Waals surface area contributed by atoms with E-state index in [0.29, 0.717) is 6.04 Å². The monoisotopic (exact) mass is 316 g/mol. The van der Waals surface area contributed by atoms with Crippen molar-refractivity contribution in [3.63, 3.8) is 0 Å². The molecule has 0 amide bonds. The number of hydrogen-bond acceptors (Lipinski definition) is 6. The van der Waals surface area contributed by atoms with Crippen molar-refractivity contribution < 1.29 is 4.74 Å². The molecule has 0 unspecified atom stereocenters. The second-order valence-corrected chi connectivity index (χ2v) is 6.46. The van der Waals surface area contributed by atoms with Crippen LogP contribution in [0.5, 0.6) is 0 Å². The number of ether oxygens (including phenoxy) is 1. The van der Waals surface area contributed by atoms with Crippen LogP contribution >= 0.6 is 0 Å². The summed E-state index contributed by atoms with van der Waals surface area (Å²) in [6, 6.07) is 0.514. The van der Waals surface area contributed by atoms with Gasteiger partial charge in [0.15, 0.2) is 5.65 Å². The van der Waals surface area contributed by atoms with E-state index in [0.717, 1.165) is 49.1 Å². The Kier molecular flexibility index (Phi) is 4.03. The molecule has 2 aromatic heterocycles. The van der Waals surface area contributed by atoms with Crippen LogP contribution < -0.4 is 10.2 Å². The van der Waals surface area contributed by atoms with E-state index in [-0.39, 0.29) is 0 Å². The molecule has 0 bridgehead atoms. The lowest BCUT2D eigenvalue weighted by molar-refractivity contribution is 0.122. The van der Waals surface area contributed by atoms with Crippen molar-refractivity contribution in [3.05, 3.63) is 6.20 Å². The number of aromatic nitrogens is 4. The van der Waals surface area contributed by atoms with Gasteiger partial charge in [-0.3, -0.25) is 4.68 Å². The number of morpholine rings is 1. The molecule has 0 radical (unpaired) electrons. The number of rotatable bonds is 3. The molecule has 1 saturated carbocycles. The molecule has 1 aliphatic heterocycles. The number of nitrogens with one attached hydrogen (secondary N) is 1. The van der Waals surface area contributed by atoms with Crippen LogP contribution in [0.25, 0.3) is 11.0 Å². The Bertz CT molecular complexity index is 673. The Morgan fingerprint density at radius 2 is 1.91 bits per heavy atom. The van der Waals surface area contributed by atoms with Gasteiger partial charge in [-0.1, -0.05) is 19.3 Å². The Balaban J connectivity index is 1.68. The minimum atomic E-state index is 0.514. The Labute approximate surface area is 136 Å². The third-order valence-corrected chi connectivity index (χ3v) is 4.82. The molecule has 0 spiro atoms. The van der Waals surface area contributed by atoms with Crippen LogP contribution in [0.2, 0.25) is 0 Å². The molecule has 1 N–H and O–H groups in total. The van der Waals surface area contributed by atoms with Crippen LogP contribution in [0, 0.1) is 0 Å². The second-order valence-electron chi connectivity index (χ2n) is 6.46. The van der Waals surface area contributed by atoms with E-state index in [2.05, 4.69) is 15.3 Å². The summed E-state index contributed by atoms with van der Waals surface area (Å²) in [6.45, 7) is 3.15. The van der Waals surface area contributed by atoms with E-state index in [1.54, 1.807) is 0 Å². The first-order valence-electron chi connectivity index (χ1n) is 8.60. The van der Waals surface area contributed by atoms with Crippen LogP contribution in [0.15, 0.2) is 6.20 Å². The predicted octanol–water partition coefficient (Wildman–Crippen LogP) is 1.94. The van der Waals surface area contributed by atoms with Gasteiger partial charge >= 0.3 is 0 Å².